The molecule has 0 aliphatic carbocycles. The number of sulfonamides is 1. The Morgan fingerprint density at radius 2 is 1.68 bits per heavy atom. The van der Waals surface area contributed by atoms with E-state index in [1.54, 1.807) is 35.1 Å². The second kappa shape index (κ2) is 6.03. The van der Waals surface area contributed by atoms with E-state index >= 15 is 0 Å². The van der Waals surface area contributed by atoms with Gasteiger partial charge >= 0.3 is 0 Å². The van der Waals surface area contributed by atoms with Crippen LogP contribution in [0.25, 0.3) is 5.69 Å². The minimum atomic E-state index is -3.43. The summed E-state index contributed by atoms with van der Waals surface area (Å²) < 4.78 is 28.6. The molecule has 5 nitrogen and oxygen atoms in total. The Kier molecular flexibility index (Phi) is 3.93. The number of rotatable bonds is 5. The molecule has 3 aromatic rings. The smallest absolute Gasteiger partial charge is 0.236 e. The van der Waals surface area contributed by atoms with E-state index in [1.165, 1.54) is 0 Å². The third-order valence-corrected chi connectivity index (χ3v) is 4.37. The van der Waals surface area contributed by atoms with Crippen LogP contribution in [-0.2, 0) is 15.8 Å². The summed E-state index contributed by atoms with van der Waals surface area (Å²) in [4.78, 5) is 0. The third kappa shape index (κ3) is 3.53. The first-order valence-electron chi connectivity index (χ1n) is 6.77. The number of anilines is 1. The molecular formula is C16H15N3O2S. The van der Waals surface area contributed by atoms with Gasteiger partial charge in [0.25, 0.3) is 0 Å². The lowest BCUT2D eigenvalue weighted by Crippen LogP contribution is -2.15. The molecule has 0 atom stereocenters. The first-order valence-corrected chi connectivity index (χ1v) is 8.42. The second-order valence-electron chi connectivity index (χ2n) is 4.84. The molecule has 0 unspecified atom stereocenters. The zero-order valence-electron chi connectivity index (χ0n) is 11.8. The molecule has 0 amide bonds. The van der Waals surface area contributed by atoms with Gasteiger partial charge in [-0.25, -0.2) is 13.1 Å². The molecule has 0 bridgehead atoms. The predicted octanol–water partition coefficient (Wildman–Crippen LogP) is 2.81. The van der Waals surface area contributed by atoms with Crippen molar-refractivity contribution in [3.63, 3.8) is 0 Å². The highest BCUT2D eigenvalue weighted by atomic mass is 32.2. The summed E-state index contributed by atoms with van der Waals surface area (Å²) >= 11 is 0. The molecule has 1 heterocycles. The Hall–Kier alpha value is -2.60. The van der Waals surface area contributed by atoms with Crippen LogP contribution in [0.4, 0.5) is 5.69 Å². The molecule has 0 fully saturated rings. The fourth-order valence-corrected chi connectivity index (χ4v) is 3.31. The summed E-state index contributed by atoms with van der Waals surface area (Å²) in [5.41, 5.74) is 2.16. The zero-order chi connectivity index (χ0) is 15.4. The maximum atomic E-state index is 12.2. The average molecular weight is 313 g/mol. The average Bonchev–Trinajstić information content (AvgIpc) is 3.02. The molecule has 0 radical (unpaired) electrons. The van der Waals surface area contributed by atoms with Gasteiger partial charge in [-0.3, -0.25) is 4.72 Å². The van der Waals surface area contributed by atoms with Gasteiger partial charge in [-0.2, -0.15) is 5.10 Å². The van der Waals surface area contributed by atoms with Crippen molar-refractivity contribution in [2.45, 2.75) is 5.75 Å². The van der Waals surface area contributed by atoms with E-state index in [9.17, 15) is 8.42 Å². The Morgan fingerprint density at radius 3 is 2.32 bits per heavy atom. The summed E-state index contributed by atoms with van der Waals surface area (Å²) in [7, 11) is -3.43. The van der Waals surface area contributed by atoms with Crippen molar-refractivity contribution in [3.05, 3.63) is 78.6 Å². The summed E-state index contributed by atoms with van der Waals surface area (Å²) in [6, 6.07) is 18.0. The predicted molar refractivity (Wildman–Crippen MR) is 86.3 cm³/mol. The van der Waals surface area contributed by atoms with E-state index in [2.05, 4.69) is 9.82 Å². The molecule has 112 valence electrons. The quantitative estimate of drug-likeness (QED) is 0.788. The fraction of sp³-hybridized carbons (Fsp3) is 0.0625. The van der Waals surface area contributed by atoms with Crippen LogP contribution >= 0.6 is 0 Å². The lowest BCUT2D eigenvalue weighted by Gasteiger charge is -2.09. The van der Waals surface area contributed by atoms with Gasteiger partial charge < -0.3 is 0 Å². The largest absolute Gasteiger partial charge is 0.283 e. The minimum Gasteiger partial charge on any atom is -0.283 e. The van der Waals surface area contributed by atoms with E-state index in [1.807, 2.05) is 42.6 Å². The topological polar surface area (TPSA) is 64.0 Å². The minimum absolute atomic E-state index is 0.0469. The monoisotopic (exact) mass is 313 g/mol. The van der Waals surface area contributed by atoms with Crippen LogP contribution in [0.2, 0.25) is 0 Å². The van der Waals surface area contributed by atoms with E-state index in [-0.39, 0.29) is 5.75 Å². The third-order valence-electron chi connectivity index (χ3n) is 3.11. The first-order chi connectivity index (χ1) is 10.6. The van der Waals surface area contributed by atoms with Crippen molar-refractivity contribution in [1.29, 1.82) is 0 Å². The lowest BCUT2D eigenvalue weighted by atomic mass is 10.2. The van der Waals surface area contributed by atoms with Crippen LogP contribution in [0.3, 0.4) is 0 Å². The number of nitrogens with zero attached hydrogens (tertiary/aromatic N) is 2. The lowest BCUT2D eigenvalue weighted by molar-refractivity contribution is 0.600. The molecule has 3 rings (SSSR count). The molecule has 6 heteroatoms. The Morgan fingerprint density at radius 1 is 0.955 bits per heavy atom. The SMILES string of the molecule is O=S(=O)(Cc1ccccc1)Nc1ccc(-n2cccn2)cc1. The van der Waals surface area contributed by atoms with Crippen LogP contribution < -0.4 is 4.72 Å². The summed E-state index contributed by atoms with van der Waals surface area (Å²) in [5, 5.41) is 4.12. The highest BCUT2D eigenvalue weighted by Crippen LogP contribution is 2.15. The van der Waals surface area contributed by atoms with Crippen molar-refractivity contribution in [1.82, 2.24) is 9.78 Å². The maximum absolute atomic E-state index is 12.2. The van der Waals surface area contributed by atoms with Gasteiger partial charge in [0.15, 0.2) is 0 Å². The number of aromatic nitrogens is 2. The molecule has 22 heavy (non-hydrogen) atoms. The van der Waals surface area contributed by atoms with Gasteiger partial charge in [0.05, 0.1) is 11.4 Å². The molecule has 0 spiro atoms. The highest BCUT2D eigenvalue weighted by Gasteiger charge is 2.11. The maximum Gasteiger partial charge on any atom is 0.236 e. The van der Waals surface area contributed by atoms with Gasteiger partial charge in [0.2, 0.25) is 10.0 Å². The molecule has 0 aliphatic heterocycles. The first kappa shape index (κ1) is 14.3. The van der Waals surface area contributed by atoms with Crippen LogP contribution in [0.1, 0.15) is 5.56 Å². The fourth-order valence-electron chi connectivity index (χ4n) is 2.11. The van der Waals surface area contributed by atoms with E-state index in [4.69, 9.17) is 0 Å². The molecule has 0 saturated carbocycles. The van der Waals surface area contributed by atoms with Crippen molar-refractivity contribution in [2.75, 3.05) is 4.72 Å². The van der Waals surface area contributed by atoms with Gasteiger partial charge in [0, 0.05) is 18.1 Å². The molecule has 1 N–H and O–H groups in total. The summed E-state index contributed by atoms with van der Waals surface area (Å²) in [5.74, 6) is -0.0469. The Labute approximate surface area is 129 Å². The molecular weight excluding hydrogens is 298 g/mol. The standard InChI is InChI=1S/C16H15N3O2S/c20-22(21,13-14-5-2-1-3-6-14)18-15-7-9-16(10-8-15)19-12-4-11-17-19/h1-12,18H,13H2. The van der Waals surface area contributed by atoms with E-state index < -0.39 is 10.0 Å². The van der Waals surface area contributed by atoms with E-state index in [0.717, 1.165) is 11.3 Å². The van der Waals surface area contributed by atoms with Crippen molar-refractivity contribution >= 4 is 15.7 Å². The number of nitrogens with one attached hydrogen (secondary N) is 1. The number of hydrogen-bond acceptors (Lipinski definition) is 3. The molecule has 0 saturated heterocycles. The van der Waals surface area contributed by atoms with Crippen molar-refractivity contribution < 1.29 is 8.42 Å². The van der Waals surface area contributed by atoms with Crippen LogP contribution in [0.5, 0.6) is 0 Å². The van der Waals surface area contributed by atoms with Gasteiger partial charge in [0.1, 0.15) is 0 Å². The second-order valence-corrected chi connectivity index (χ2v) is 6.57. The summed E-state index contributed by atoms with van der Waals surface area (Å²) in [6.45, 7) is 0. The number of hydrogen-bond donors (Lipinski definition) is 1. The van der Waals surface area contributed by atoms with Crippen LogP contribution in [-0.4, -0.2) is 18.2 Å². The highest BCUT2D eigenvalue weighted by molar-refractivity contribution is 7.91. The molecule has 2 aromatic carbocycles. The zero-order valence-corrected chi connectivity index (χ0v) is 12.6. The van der Waals surface area contributed by atoms with E-state index in [0.29, 0.717) is 5.69 Å². The van der Waals surface area contributed by atoms with Gasteiger partial charge in [-0.05, 0) is 35.9 Å². The molecule has 1 aromatic heterocycles. The summed E-state index contributed by atoms with van der Waals surface area (Å²) in [6.07, 6.45) is 3.52. The normalized spacial score (nSPS) is 11.3. The molecule has 0 aliphatic rings. The van der Waals surface area contributed by atoms with Crippen molar-refractivity contribution in [3.8, 4) is 5.69 Å². The van der Waals surface area contributed by atoms with Gasteiger partial charge in [-0.1, -0.05) is 30.3 Å². The number of benzene rings is 2. The Bertz CT molecular complexity index is 827. The van der Waals surface area contributed by atoms with Crippen LogP contribution in [0.15, 0.2) is 73.1 Å². The van der Waals surface area contributed by atoms with Gasteiger partial charge in [-0.15, -0.1) is 0 Å². The van der Waals surface area contributed by atoms with Crippen LogP contribution in [0, 0.1) is 0 Å². The van der Waals surface area contributed by atoms with Crippen molar-refractivity contribution in [2.24, 2.45) is 0 Å². The Balaban J connectivity index is 1.72.